The number of nitrogens with one attached hydrogen (secondary N) is 1. The Labute approximate surface area is 121 Å². The van der Waals surface area contributed by atoms with Crippen LogP contribution in [0.5, 0.6) is 5.75 Å². The van der Waals surface area contributed by atoms with E-state index < -0.39 is 0 Å². The van der Waals surface area contributed by atoms with Crippen LogP contribution in [-0.4, -0.2) is 33.2 Å². The van der Waals surface area contributed by atoms with Crippen molar-refractivity contribution in [3.63, 3.8) is 0 Å². The highest BCUT2D eigenvalue weighted by atomic mass is 16.7. The molecular weight excluding hydrogens is 254 g/mol. The van der Waals surface area contributed by atoms with Crippen LogP contribution < -0.4 is 10.1 Å². The molecule has 1 atom stereocenters. The van der Waals surface area contributed by atoms with Gasteiger partial charge in [0.1, 0.15) is 5.75 Å². The second kappa shape index (κ2) is 7.62. The summed E-state index contributed by atoms with van der Waals surface area (Å²) in [6, 6.07) is 6.48. The molecular formula is C16H25NO3. The predicted octanol–water partition coefficient (Wildman–Crippen LogP) is 2.81. The van der Waals surface area contributed by atoms with Gasteiger partial charge in [-0.25, -0.2) is 0 Å². The number of ether oxygens (including phenoxy) is 3. The molecule has 1 aliphatic heterocycles. The lowest BCUT2D eigenvalue weighted by Gasteiger charge is -2.23. The smallest absolute Gasteiger partial charge is 0.159 e. The zero-order valence-corrected chi connectivity index (χ0v) is 12.6. The third-order valence-electron chi connectivity index (χ3n) is 3.61. The Morgan fingerprint density at radius 3 is 2.70 bits per heavy atom. The van der Waals surface area contributed by atoms with Crippen LogP contribution in [0.3, 0.4) is 0 Å². The van der Waals surface area contributed by atoms with Crippen LogP contribution in [0.25, 0.3) is 0 Å². The van der Waals surface area contributed by atoms with Crippen LogP contribution in [-0.2, 0) is 9.47 Å². The van der Waals surface area contributed by atoms with Gasteiger partial charge in [-0.1, -0.05) is 13.0 Å². The first kappa shape index (κ1) is 15.3. The van der Waals surface area contributed by atoms with E-state index in [0.29, 0.717) is 13.2 Å². The Morgan fingerprint density at radius 1 is 1.35 bits per heavy atom. The molecule has 4 nitrogen and oxygen atoms in total. The highest BCUT2D eigenvalue weighted by molar-refractivity contribution is 5.36. The minimum absolute atomic E-state index is 0.0918. The zero-order chi connectivity index (χ0) is 14.4. The third kappa shape index (κ3) is 3.95. The quantitative estimate of drug-likeness (QED) is 0.833. The van der Waals surface area contributed by atoms with E-state index in [-0.39, 0.29) is 12.3 Å². The average Bonchev–Trinajstić information content (AvgIpc) is 2.96. The molecule has 0 amide bonds. The SMILES string of the molecule is CCCNC(CC1OCCO1)c1ccc(OC)cc1C. The van der Waals surface area contributed by atoms with Crippen LogP contribution in [0.1, 0.15) is 36.9 Å². The van der Waals surface area contributed by atoms with Gasteiger partial charge in [-0.3, -0.25) is 0 Å². The van der Waals surface area contributed by atoms with Gasteiger partial charge in [0.25, 0.3) is 0 Å². The summed E-state index contributed by atoms with van der Waals surface area (Å²) in [6.07, 6.45) is 1.86. The predicted molar refractivity (Wildman–Crippen MR) is 79.1 cm³/mol. The van der Waals surface area contributed by atoms with Crippen molar-refractivity contribution >= 4 is 0 Å². The maximum atomic E-state index is 5.58. The first-order chi connectivity index (χ1) is 9.74. The van der Waals surface area contributed by atoms with E-state index in [1.807, 2.05) is 6.07 Å². The zero-order valence-electron chi connectivity index (χ0n) is 12.6. The van der Waals surface area contributed by atoms with E-state index in [0.717, 1.165) is 25.1 Å². The monoisotopic (exact) mass is 279 g/mol. The Kier molecular flexibility index (Phi) is 5.83. The van der Waals surface area contributed by atoms with Crippen LogP contribution in [0, 0.1) is 6.92 Å². The fourth-order valence-corrected chi connectivity index (χ4v) is 2.54. The molecule has 20 heavy (non-hydrogen) atoms. The number of rotatable bonds is 7. The van der Waals surface area contributed by atoms with Crippen molar-refractivity contribution in [2.24, 2.45) is 0 Å². The van der Waals surface area contributed by atoms with Gasteiger partial charge in [0.05, 0.1) is 20.3 Å². The minimum atomic E-state index is -0.0918. The standard InChI is InChI=1S/C16H25NO3/c1-4-7-17-15(11-16-19-8-9-20-16)14-6-5-13(18-3)10-12(14)2/h5-6,10,15-17H,4,7-9,11H2,1-3H3. The van der Waals surface area contributed by atoms with E-state index >= 15 is 0 Å². The van der Waals surface area contributed by atoms with Crippen LogP contribution in [0.4, 0.5) is 0 Å². The number of aryl methyl sites for hydroxylation is 1. The molecule has 1 aliphatic rings. The fourth-order valence-electron chi connectivity index (χ4n) is 2.54. The van der Waals surface area contributed by atoms with Crippen molar-refractivity contribution in [1.29, 1.82) is 0 Å². The molecule has 0 spiro atoms. The summed E-state index contributed by atoms with van der Waals surface area (Å²) >= 11 is 0. The lowest BCUT2D eigenvalue weighted by atomic mass is 9.98. The molecule has 1 unspecified atom stereocenters. The molecule has 1 saturated heterocycles. The highest BCUT2D eigenvalue weighted by Gasteiger charge is 2.23. The van der Waals surface area contributed by atoms with E-state index in [9.17, 15) is 0 Å². The van der Waals surface area contributed by atoms with E-state index in [4.69, 9.17) is 14.2 Å². The van der Waals surface area contributed by atoms with Gasteiger partial charge in [0, 0.05) is 12.5 Å². The van der Waals surface area contributed by atoms with Gasteiger partial charge >= 0.3 is 0 Å². The summed E-state index contributed by atoms with van der Waals surface area (Å²) in [6.45, 7) is 6.69. The molecule has 112 valence electrons. The second-order valence-electron chi connectivity index (χ2n) is 5.14. The number of hydrogen-bond acceptors (Lipinski definition) is 4. The summed E-state index contributed by atoms with van der Waals surface area (Å²) in [7, 11) is 1.70. The lowest BCUT2D eigenvalue weighted by molar-refractivity contribution is -0.0530. The molecule has 2 rings (SSSR count). The molecule has 0 saturated carbocycles. The summed E-state index contributed by atoms with van der Waals surface area (Å²) in [5.74, 6) is 0.897. The number of hydrogen-bond donors (Lipinski definition) is 1. The summed E-state index contributed by atoms with van der Waals surface area (Å²) in [4.78, 5) is 0. The van der Waals surface area contributed by atoms with E-state index in [1.165, 1.54) is 11.1 Å². The molecule has 1 fully saturated rings. The Bertz CT molecular complexity index is 416. The molecule has 1 aromatic carbocycles. The van der Waals surface area contributed by atoms with Crippen molar-refractivity contribution in [3.8, 4) is 5.75 Å². The lowest BCUT2D eigenvalue weighted by Crippen LogP contribution is -2.27. The van der Waals surface area contributed by atoms with Crippen molar-refractivity contribution in [3.05, 3.63) is 29.3 Å². The molecule has 1 aromatic rings. The Balaban J connectivity index is 2.11. The largest absolute Gasteiger partial charge is 0.497 e. The summed E-state index contributed by atoms with van der Waals surface area (Å²) < 4.78 is 16.4. The molecule has 0 aromatic heterocycles. The van der Waals surface area contributed by atoms with Gasteiger partial charge in [-0.15, -0.1) is 0 Å². The first-order valence-electron chi connectivity index (χ1n) is 7.35. The van der Waals surface area contributed by atoms with Gasteiger partial charge in [-0.05, 0) is 43.1 Å². The summed E-state index contributed by atoms with van der Waals surface area (Å²) in [5.41, 5.74) is 2.52. The topological polar surface area (TPSA) is 39.7 Å². The first-order valence-corrected chi connectivity index (χ1v) is 7.35. The maximum absolute atomic E-state index is 5.58. The molecule has 0 radical (unpaired) electrons. The van der Waals surface area contributed by atoms with Crippen molar-refractivity contribution in [1.82, 2.24) is 5.32 Å². The van der Waals surface area contributed by atoms with Crippen molar-refractivity contribution in [2.75, 3.05) is 26.9 Å². The molecule has 0 aliphatic carbocycles. The van der Waals surface area contributed by atoms with Gasteiger partial charge in [0.15, 0.2) is 6.29 Å². The van der Waals surface area contributed by atoms with Crippen LogP contribution in [0.2, 0.25) is 0 Å². The molecule has 4 heteroatoms. The molecule has 1 heterocycles. The van der Waals surface area contributed by atoms with E-state index in [2.05, 4.69) is 31.3 Å². The highest BCUT2D eigenvalue weighted by Crippen LogP contribution is 2.27. The van der Waals surface area contributed by atoms with Gasteiger partial charge in [0.2, 0.25) is 0 Å². The average molecular weight is 279 g/mol. The Hall–Kier alpha value is -1.10. The minimum Gasteiger partial charge on any atom is -0.497 e. The van der Waals surface area contributed by atoms with E-state index in [1.54, 1.807) is 7.11 Å². The second-order valence-corrected chi connectivity index (χ2v) is 5.14. The van der Waals surface area contributed by atoms with Crippen molar-refractivity contribution in [2.45, 2.75) is 39.0 Å². The molecule has 1 N–H and O–H groups in total. The number of benzene rings is 1. The fraction of sp³-hybridized carbons (Fsp3) is 0.625. The van der Waals surface area contributed by atoms with Crippen molar-refractivity contribution < 1.29 is 14.2 Å². The number of methoxy groups -OCH3 is 1. The normalized spacial score (nSPS) is 17.4. The van der Waals surface area contributed by atoms with Gasteiger partial charge in [-0.2, -0.15) is 0 Å². The third-order valence-corrected chi connectivity index (χ3v) is 3.61. The Morgan fingerprint density at radius 2 is 2.10 bits per heavy atom. The van der Waals surface area contributed by atoms with Gasteiger partial charge < -0.3 is 19.5 Å². The molecule has 0 bridgehead atoms. The van der Waals surface area contributed by atoms with Crippen LogP contribution in [0.15, 0.2) is 18.2 Å². The van der Waals surface area contributed by atoms with Crippen LogP contribution >= 0.6 is 0 Å². The maximum Gasteiger partial charge on any atom is 0.159 e. The summed E-state index contributed by atoms with van der Waals surface area (Å²) in [5, 5.41) is 3.59.